The number of carboxylic acids is 1. The van der Waals surface area contributed by atoms with E-state index in [0.717, 1.165) is 5.75 Å². The number of hydrogen-bond donors (Lipinski definition) is 2. The van der Waals surface area contributed by atoms with Crippen LogP contribution in [-0.4, -0.2) is 58.2 Å². The van der Waals surface area contributed by atoms with Gasteiger partial charge in [-0.1, -0.05) is 6.92 Å². The summed E-state index contributed by atoms with van der Waals surface area (Å²) in [7, 11) is 0. The number of carbonyl (C=O) groups is 2. The molecule has 2 amide bonds. The maximum atomic E-state index is 11.8. The van der Waals surface area contributed by atoms with Crippen molar-refractivity contribution in [3.8, 4) is 0 Å². The number of thioether (sulfide) groups is 2. The first-order chi connectivity index (χ1) is 8.06. The molecule has 1 saturated heterocycles. The number of urea groups is 1. The molecule has 1 heterocycles. The van der Waals surface area contributed by atoms with Gasteiger partial charge < -0.3 is 15.3 Å². The van der Waals surface area contributed by atoms with Crippen LogP contribution in [0, 0.1) is 5.92 Å². The molecule has 0 aliphatic carbocycles. The van der Waals surface area contributed by atoms with Gasteiger partial charge in [0.2, 0.25) is 0 Å². The fourth-order valence-electron chi connectivity index (χ4n) is 1.55. The third kappa shape index (κ3) is 4.31. The molecule has 2 atom stereocenters. The molecule has 0 aromatic carbocycles. The second-order valence-electron chi connectivity index (χ2n) is 4.07. The molecule has 2 N–H and O–H groups in total. The summed E-state index contributed by atoms with van der Waals surface area (Å²) in [5, 5.41) is 11.7. The van der Waals surface area contributed by atoms with Gasteiger partial charge in [-0.3, -0.25) is 0 Å². The molecule has 7 heteroatoms. The van der Waals surface area contributed by atoms with E-state index in [1.54, 1.807) is 11.8 Å². The average molecular weight is 278 g/mol. The quantitative estimate of drug-likeness (QED) is 0.789. The van der Waals surface area contributed by atoms with Crippen LogP contribution >= 0.6 is 23.5 Å². The Morgan fingerprint density at radius 3 is 2.94 bits per heavy atom. The van der Waals surface area contributed by atoms with Crippen LogP contribution in [0.25, 0.3) is 0 Å². The zero-order valence-corrected chi connectivity index (χ0v) is 11.6. The zero-order chi connectivity index (χ0) is 12.8. The summed E-state index contributed by atoms with van der Waals surface area (Å²) in [6.07, 6.45) is 2.02. The van der Waals surface area contributed by atoms with Crippen LogP contribution in [0.1, 0.15) is 6.92 Å². The van der Waals surface area contributed by atoms with E-state index in [0.29, 0.717) is 24.1 Å². The van der Waals surface area contributed by atoms with Gasteiger partial charge in [-0.25, -0.2) is 9.59 Å². The Morgan fingerprint density at radius 2 is 2.35 bits per heavy atom. The first kappa shape index (κ1) is 14.5. The molecule has 17 heavy (non-hydrogen) atoms. The molecule has 0 saturated carbocycles. The van der Waals surface area contributed by atoms with Crippen LogP contribution in [-0.2, 0) is 4.79 Å². The van der Waals surface area contributed by atoms with Crippen molar-refractivity contribution in [1.29, 1.82) is 0 Å². The van der Waals surface area contributed by atoms with Crippen LogP contribution in [0.15, 0.2) is 0 Å². The zero-order valence-electron chi connectivity index (χ0n) is 10.0. The maximum absolute atomic E-state index is 11.8. The first-order valence-electron chi connectivity index (χ1n) is 5.40. The van der Waals surface area contributed by atoms with Gasteiger partial charge in [-0.15, -0.1) is 11.8 Å². The fourth-order valence-corrected chi connectivity index (χ4v) is 3.39. The summed E-state index contributed by atoms with van der Waals surface area (Å²) in [4.78, 5) is 24.1. The lowest BCUT2D eigenvalue weighted by atomic mass is 10.2. The predicted octanol–water partition coefficient (Wildman–Crippen LogP) is 1.15. The summed E-state index contributed by atoms with van der Waals surface area (Å²) >= 11 is 3.21. The van der Waals surface area contributed by atoms with E-state index in [9.17, 15) is 9.59 Å². The normalized spacial score (nSPS) is 21.3. The number of hydrogen-bond acceptors (Lipinski definition) is 4. The summed E-state index contributed by atoms with van der Waals surface area (Å²) < 4.78 is 0. The Kier molecular flexibility index (Phi) is 5.97. The first-order valence-corrected chi connectivity index (χ1v) is 7.95. The molecule has 0 aromatic heterocycles. The minimum Gasteiger partial charge on any atom is -0.480 e. The minimum absolute atomic E-state index is 0.268. The summed E-state index contributed by atoms with van der Waals surface area (Å²) in [5.74, 6) is 1.38. The molecular formula is C10H18N2O3S2. The monoisotopic (exact) mass is 278 g/mol. The maximum Gasteiger partial charge on any atom is 0.327 e. The average Bonchev–Trinajstić information content (AvgIpc) is 2.75. The van der Waals surface area contributed by atoms with Gasteiger partial charge in [0.15, 0.2) is 0 Å². The SMILES string of the molecule is CSCC(C)CNC(=O)N1CSC[C@H]1C(=O)O. The van der Waals surface area contributed by atoms with E-state index in [2.05, 4.69) is 12.2 Å². The Balaban J connectivity index is 2.39. The number of rotatable bonds is 5. The molecule has 1 aliphatic rings. The third-order valence-corrected chi connectivity index (χ3v) is 4.40. The van der Waals surface area contributed by atoms with E-state index in [1.165, 1.54) is 16.7 Å². The molecule has 98 valence electrons. The van der Waals surface area contributed by atoms with Gasteiger partial charge in [0.1, 0.15) is 6.04 Å². The van der Waals surface area contributed by atoms with Crippen LogP contribution in [0.4, 0.5) is 4.79 Å². The van der Waals surface area contributed by atoms with Crippen molar-refractivity contribution in [2.45, 2.75) is 13.0 Å². The molecule has 1 unspecified atom stereocenters. The topological polar surface area (TPSA) is 69.6 Å². The second-order valence-corrected chi connectivity index (χ2v) is 5.98. The molecular weight excluding hydrogens is 260 g/mol. The van der Waals surface area contributed by atoms with Crippen molar-refractivity contribution in [2.24, 2.45) is 5.92 Å². The lowest BCUT2D eigenvalue weighted by molar-refractivity contribution is -0.140. The van der Waals surface area contributed by atoms with Crippen molar-refractivity contribution in [3.63, 3.8) is 0 Å². The van der Waals surface area contributed by atoms with Gasteiger partial charge in [-0.2, -0.15) is 11.8 Å². The van der Waals surface area contributed by atoms with E-state index in [-0.39, 0.29) is 6.03 Å². The van der Waals surface area contributed by atoms with E-state index in [1.807, 2.05) is 6.26 Å². The van der Waals surface area contributed by atoms with Crippen molar-refractivity contribution in [1.82, 2.24) is 10.2 Å². The second kappa shape index (κ2) is 7.00. The highest BCUT2D eigenvalue weighted by atomic mass is 32.2. The van der Waals surface area contributed by atoms with Crippen LogP contribution in [0.3, 0.4) is 0 Å². The molecule has 0 radical (unpaired) electrons. The number of carbonyl (C=O) groups excluding carboxylic acids is 1. The van der Waals surface area contributed by atoms with Crippen LogP contribution in [0.5, 0.6) is 0 Å². The smallest absolute Gasteiger partial charge is 0.327 e. The van der Waals surface area contributed by atoms with Crippen molar-refractivity contribution < 1.29 is 14.7 Å². The van der Waals surface area contributed by atoms with Gasteiger partial charge in [0.25, 0.3) is 0 Å². The number of aliphatic carboxylic acids is 1. The highest BCUT2D eigenvalue weighted by molar-refractivity contribution is 7.99. The molecule has 1 fully saturated rings. The lowest BCUT2D eigenvalue weighted by Gasteiger charge is -2.22. The third-order valence-electron chi connectivity index (χ3n) is 2.48. The number of nitrogens with zero attached hydrogens (tertiary/aromatic N) is 1. The van der Waals surface area contributed by atoms with E-state index < -0.39 is 12.0 Å². The van der Waals surface area contributed by atoms with Crippen LogP contribution in [0.2, 0.25) is 0 Å². The molecule has 1 rings (SSSR count). The molecule has 5 nitrogen and oxygen atoms in total. The van der Waals surface area contributed by atoms with E-state index >= 15 is 0 Å². The number of amides is 2. The standard InChI is InChI=1S/C10H18N2O3S2/c1-7(4-16-2)3-11-10(15)12-6-17-5-8(12)9(13)14/h7-8H,3-6H2,1-2H3,(H,11,15)(H,13,14)/t7?,8-/m0/s1. The highest BCUT2D eigenvalue weighted by Crippen LogP contribution is 2.20. The Labute approximate surface area is 110 Å². The Bertz CT molecular complexity index is 289. The lowest BCUT2D eigenvalue weighted by Crippen LogP contribution is -2.47. The summed E-state index contributed by atoms with van der Waals surface area (Å²) in [6.45, 7) is 2.65. The van der Waals surface area contributed by atoms with Gasteiger partial charge in [0.05, 0.1) is 5.88 Å². The fraction of sp³-hybridized carbons (Fsp3) is 0.800. The number of nitrogens with one attached hydrogen (secondary N) is 1. The van der Waals surface area contributed by atoms with Gasteiger partial charge >= 0.3 is 12.0 Å². The van der Waals surface area contributed by atoms with Gasteiger partial charge in [-0.05, 0) is 17.9 Å². The van der Waals surface area contributed by atoms with Crippen molar-refractivity contribution >= 4 is 35.5 Å². The molecule has 0 bridgehead atoms. The molecule has 0 spiro atoms. The van der Waals surface area contributed by atoms with Crippen LogP contribution < -0.4 is 5.32 Å². The number of carboxylic acid groups (broad SMARTS) is 1. The van der Waals surface area contributed by atoms with E-state index in [4.69, 9.17) is 5.11 Å². The van der Waals surface area contributed by atoms with Gasteiger partial charge in [0, 0.05) is 12.3 Å². The predicted molar refractivity (Wildman–Crippen MR) is 71.5 cm³/mol. The minimum atomic E-state index is -0.928. The highest BCUT2D eigenvalue weighted by Gasteiger charge is 2.34. The Morgan fingerprint density at radius 1 is 1.65 bits per heavy atom. The van der Waals surface area contributed by atoms with Crippen molar-refractivity contribution in [3.05, 3.63) is 0 Å². The largest absolute Gasteiger partial charge is 0.480 e. The molecule has 0 aromatic rings. The van der Waals surface area contributed by atoms with Crippen molar-refractivity contribution in [2.75, 3.05) is 30.2 Å². The molecule has 1 aliphatic heterocycles. The Hall–Kier alpha value is -0.560. The summed E-state index contributed by atoms with van der Waals surface area (Å²) in [5.41, 5.74) is 0. The summed E-state index contributed by atoms with van der Waals surface area (Å²) in [6, 6.07) is -0.953.